The predicted octanol–water partition coefficient (Wildman–Crippen LogP) is 13.0. The maximum absolute atomic E-state index is 5.02. The van der Waals surface area contributed by atoms with Gasteiger partial charge >= 0.3 is 0 Å². The zero-order valence-corrected chi connectivity index (χ0v) is 29.9. The van der Waals surface area contributed by atoms with Crippen molar-refractivity contribution in [1.82, 2.24) is 19.5 Å². The van der Waals surface area contributed by atoms with Gasteiger partial charge in [-0.25, -0.2) is 15.0 Å². The van der Waals surface area contributed by atoms with E-state index >= 15 is 0 Å². The third-order valence-electron chi connectivity index (χ3n) is 10.2. The SMILES string of the molecule is c1ccc(-c2cccc(-c3cccc(-c4ccc5c6ccccc6n(-c6cccc(-c7nc(-c8ccccc8)nc(-c8ccccc8)n7)c6)c5c4)c3)c2)cc1. The molecule has 0 atom stereocenters. The molecule has 10 rings (SSSR count). The highest BCUT2D eigenvalue weighted by Gasteiger charge is 2.17. The average molecular weight is 703 g/mol. The van der Waals surface area contributed by atoms with Crippen molar-refractivity contribution in [2.24, 2.45) is 0 Å². The summed E-state index contributed by atoms with van der Waals surface area (Å²) in [4.78, 5) is 15.0. The van der Waals surface area contributed by atoms with Crippen LogP contribution in [0.3, 0.4) is 0 Å². The van der Waals surface area contributed by atoms with Crippen LogP contribution in [0.2, 0.25) is 0 Å². The molecule has 2 aromatic heterocycles. The van der Waals surface area contributed by atoms with Crippen molar-refractivity contribution >= 4 is 21.8 Å². The molecule has 2 heterocycles. The Hall–Kier alpha value is -7.43. The number of fused-ring (bicyclic) bond motifs is 3. The first kappa shape index (κ1) is 32.2. The summed E-state index contributed by atoms with van der Waals surface area (Å²) in [5.74, 6) is 1.92. The smallest absolute Gasteiger partial charge is 0.164 e. The summed E-state index contributed by atoms with van der Waals surface area (Å²) in [6.07, 6.45) is 0. The maximum Gasteiger partial charge on any atom is 0.164 e. The molecule has 0 amide bonds. The van der Waals surface area contributed by atoms with Crippen molar-refractivity contribution in [3.63, 3.8) is 0 Å². The highest BCUT2D eigenvalue weighted by molar-refractivity contribution is 6.10. The quantitative estimate of drug-likeness (QED) is 0.166. The summed E-state index contributed by atoms with van der Waals surface area (Å²) in [5.41, 5.74) is 13.3. The number of benzene rings is 8. The van der Waals surface area contributed by atoms with Gasteiger partial charge in [-0.3, -0.25) is 0 Å². The Labute approximate surface area is 319 Å². The van der Waals surface area contributed by atoms with E-state index in [4.69, 9.17) is 15.0 Å². The molecule has 258 valence electrons. The lowest BCUT2D eigenvalue weighted by atomic mass is 9.96. The molecular formula is C51H34N4. The van der Waals surface area contributed by atoms with Crippen molar-refractivity contribution in [2.45, 2.75) is 0 Å². The lowest BCUT2D eigenvalue weighted by molar-refractivity contribution is 1.07. The molecule has 0 spiro atoms. The van der Waals surface area contributed by atoms with Crippen LogP contribution < -0.4 is 0 Å². The Kier molecular flexibility index (Phi) is 8.12. The molecule has 0 unspecified atom stereocenters. The van der Waals surface area contributed by atoms with Crippen LogP contribution in [-0.4, -0.2) is 19.5 Å². The van der Waals surface area contributed by atoms with Crippen LogP contribution in [0.15, 0.2) is 206 Å². The van der Waals surface area contributed by atoms with Crippen molar-refractivity contribution in [3.05, 3.63) is 206 Å². The predicted molar refractivity (Wildman–Crippen MR) is 227 cm³/mol. The molecule has 10 aromatic rings. The first-order valence-electron chi connectivity index (χ1n) is 18.5. The zero-order chi connectivity index (χ0) is 36.6. The number of rotatable bonds is 7. The summed E-state index contributed by atoms with van der Waals surface area (Å²) < 4.78 is 2.36. The highest BCUT2D eigenvalue weighted by Crippen LogP contribution is 2.37. The number of hydrogen-bond donors (Lipinski definition) is 0. The Morgan fingerprint density at radius 3 is 1.27 bits per heavy atom. The summed E-state index contributed by atoms with van der Waals surface area (Å²) in [5, 5.41) is 2.41. The largest absolute Gasteiger partial charge is 0.309 e. The summed E-state index contributed by atoms with van der Waals surface area (Å²) in [7, 11) is 0. The third-order valence-corrected chi connectivity index (χ3v) is 10.2. The van der Waals surface area contributed by atoms with Crippen molar-refractivity contribution in [1.29, 1.82) is 0 Å². The number of aromatic nitrogens is 4. The van der Waals surface area contributed by atoms with Crippen LogP contribution in [-0.2, 0) is 0 Å². The van der Waals surface area contributed by atoms with Gasteiger partial charge in [-0.15, -0.1) is 0 Å². The molecule has 0 aliphatic heterocycles. The van der Waals surface area contributed by atoms with E-state index in [2.05, 4.69) is 150 Å². The lowest BCUT2D eigenvalue weighted by Gasteiger charge is -2.12. The van der Waals surface area contributed by atoms with Crippen molar-refractivity contribution < 1.29 is 0 Å². The second-order valence-electron chi connectivity index (χ2n) is 13.7. The van der Waals surface area contributed by atoms with E-state index in [0.717, 1.165) is 39.0 Å². The number of para-hydroxylation sites is 1. The Morgan fingerprint density at radius 1 is 0.255 bits per heavy atom. The molecule has 8 aromatic carbocycles. The van der Waals surface area contributed by atoms with Gasteiger partial charge in [0.2, 0.25) is 0 Å². The fourth-order valence-corrected chi connectivity index (χ4v) is 7.54. The summed E-state index contributed by atoms with van der Waals surface area (Å²) in [6.45, 7) is 0. The molecule has 55 heavy (non-hydrogen) atoms. The van der Waals surface area contributed by atoms with Gasteiger partial charge in [-0.2, -0.15) is 0 Å². The molecule has 0 saturated heterocycles. The minimum atomic E-state index is 0.629. The first-order chi connectivity index (χ1) is 27.2. The van der Waals surface area contributed by atoms with Gasteiger partial charge < -0.3 is 4.57 Å². The standard InChI is InChI=1S/C51H34N4/c1-4-15-35(16-5-1)38-21-12-22-39(31-38)40-23-13-24-41(32-40)42-29-30-46-45-27-10-11-28-47(45)55(48(46)34-42)44-26-14-25-43(33-44)51-53-49(36-17-6-2-7-18-36)52-50(54-51)37-19-8-3-9-20-37/h1-34H. The Morgan fingerprint density at radius 2 is 0.673 bits per heavy atom. The van der Waals surface area contributed by atoms with E-state index in [9.17, 15) is 0 Å². The number of hydrogen-bond acceptors (Lipinski definition) is 3. The van der Waals surface area contributed by atoms with Crippen LogP contribution in [0, 0.1) is 0 Å². The van der Waals surface area contributed by atoms with Crippen LogP contribution in [0.4, 0.5) is 0 Å². The number of nitrogens with zero attached hydrogens (tertiary/aromatic N) is 4. The fourth-order valence-electron chi connectivity index (χ4n) is 7.54. The topological polar surface area (TPSA) is 43.6 Å². The molecule has 4 nitrogen and oxygen atoms in total. The van der Waals surface area contributed by atoms with E-state index in [-0.39, 0.29) is 0 Å². The Balaban J connectivity index is 1.09. The van der Waals surface area contributed by atoms with Crippen LogP contribution in [0.25, 0.3) is 95.0 Å². The van der Waals surface area contributed by atoms with Gasteiger partial charge in [-0.1, -0.05) is 170 Å². The van der Waals surface area contributed by atoms with E-state index in [1.165, 1.54) is 38.6 Å². The first-order valence-corrected chi connectivity index (χ1v) is 18.5. The molecule has 0 fully saturated rings. The lowest BCUT2D eigenvalue weighted by Crippen LogP contribution is -2.01. The van der Waals surface area contributed by atoms with Crippen LogP contribution in [0.5, 0.6) is 0 Å². The average Bonchev–Trinajstić information content (AvgIpc) is 3.61. The van der Waals surface area contributed by atoms with Gasteiger partial charge in [0.25, 0.3) is 0 Å². The van der Waals surface area contributed by atoms with Gasteiger partial charge in [0.15, 0.2) is 17.5 Å². The van der Waals surface area contributed by atoms with Gasteiger partial charge in [-0.05, 0) is 69.8 Å². The highest BCUT2D eigenvalue weighted by atomic mass is 15.0. The normalized spacial score (nSPS) is 11.3. The second kappa shape index (κ2) is 13.8. The molecule has 0 radical (unpaired) electrons. The monoisotopic (exact) mass is 702 g/mol. The van der Waals surface area contributed by atoms with E-state index in [1.807, 2.05) is 60.7 Å². The molecule has 0 aliphatic carbocycles. The van der Waals surface area contributed by atoms with Crippen LogP contribution >= 0.6 is 0 Å². The molecule has 4 heteroatoms. The van der Waals surface area contributed by atoms with E-state index in [0.29, 0.717) is 17.5 Å². The molecule has 0 N–H and O–H groups in total. The maximum atomic E-state index is 5.02. The fraction of sp³-hybridized carbons (Fsp3) is 0. The van der Waals surface area contributed by atoms with Crippen LogP contribution in [0.1, 0.15) is 0 Å². The van der Waals surface area contributed by atoms with Gasteiger partial charge in [0.1, 0.15) is 0 Å². The van der Waals surface area contributed by atoms with Gasteiger partial charge in [0, 0.05) is 33.2 Å². The Bertz CT molecular complexity index is 2910. The molecule has 0 saturated carbocycles. The third kappa shape index (κ3) is 6.16. The summed E-state index contributed by atoms with van der Waals surface area (Å²) in [6, 6.07) is 72.4. The summed E-state index contributed by atoms with van der Waals surface area (Å²) >= 11 is 0. The minimum absolute atomic E-state index is 0.629. The van der Waals surface area contributed by atoms with E-state index in [1.54, 1.807) is 0 Å². The molecular weight excluding hydrogens is 669 g/mol. The second-order valence-corrected chi connectivity index (χ2v) is 13.7. The molecule has 0 aliphatic rings. The zero-order valence-electron chi connectivity index (χ0n) is 29.9. The van der Waals surface area contributed by atoms with Gasteiger partial charge in [0.05, 0.1) is 11.0 Å². The molecule has 0 bridgehead atoms. The van der Waals surface area contributed by atoms with Crippen molar-refractivity contribution in [2.75, 3.05) is 0 Å². The minimum Gasteiger partial charge on any atom is -0.309 e. The van der Waals surface area contributed by atoms with E-state index < -0.39 is 0 Å². The van der Waals surface area contributed by atoms with Crippen molar-refractivity contribution in [3.8, 4) is 73.2 Å².